The molecule has 18 heavy (non-hydrogen) atoms. The fourth-order valence-corrected chi connectivity index (χ4v) is 5.59. The molecule has 1 atom stereocenters. The van der Waals surface area contributed by atoms with Crippen LogP contribution in [0.15, 0.2) is 0 Å². The number of hydrogen-bond acceptors (Lipinski definition) is 5. The quantitative estimate of drug-likeness (QED) is 0.915. The fourth-order valence-electron chi connectivity index (χ4n) is 2.49. The summed E-state index contributed by atoms with van der Waals surface area (Å²) in [5.41, 5.74) is 0.611. The Bertz CT molecular complexity index is 555. The summed E-state index contributed by atoms with van der Waals surface area (Å²) < 4.78 is 23.7. The molecule has 1 aromatic rings. The first kappa shape index (κ1) is 12.6. The highest BCUT2D eigenvalue weighted by Gasteiger charge is 2.48. The van der Waals surface area contributed by atoms with Gasteiger partial charge >= 0.3 is 0 Å². The van der Waals surface area contributed by atoms with Gasteiger partial charge < -0.3 is 5.32 Å². The van der Waals surface area contributed by atoms with Gasteiger partial charge in [-0.1, -0.05) is 0 Å². The van der Waals surface area contributed by atoms with Crippen LogP contribution in [-0.2, 0) is 15.4 Å². The Morgan fingerprint density at radius 2 is 2.11 bits per heavy atom. The van der Waals surface area contributed by atoms with Crippen molar-refractivity contribution in [1.29, 1.82) is 0 Å². The Labute approximate surface area is 112 Å². The molecule has 3 rings (SSSR count). The maximum atomic E-state index is 11.8. The monoisotopic (exact) mass is 286 g/mol. The number of nitrogens with zero attached hydrogens (tertiary/aromatic N) is 1. The van der Waals surface area contributed by atoms with E-state index in [4.69, 9.17) is 0 Å². The fraction of sp³-hybridized carbons (Fsp3) is 0.750. The van der Waals surface area contributed by atoms with E-state index < -0.39 is 15.4 Å². The molecule has 1 aromatic heterocycles. The molecule has 0 radical (unpaired) electrons. The topological polar surface area (TPSA) is 59.1 Å². The number of hydrogen-bond donors (Lipinski definition) is 1. The lowest BCUT2D eigenvalue weighted by Crippen LogP contribution is -2.44. The Morgan fingerprint density at radius 1 is 1.39 bits per heavy atom. The standard InChI is InChI=1S/C12H18N2O2S2/c1-8-9(2)17-11(13-8)12(14-10-3-4-10)5-6-18(15,16)7-12/h10,14H,3-7H2,1-2H3. The highest BCUT2D eigenvalue weighted by atomic mass is 32.2. The van der Waals surface area contributed by atoms with Gasteiger partial charge in [-0.25, -0.2) is 13.4 Å². The molecular weight excluding hydrogens is 268 g/mol. The number of rotatable bonds is 3. The summed E-state index contributed by atoms with van der Waals surface area (Å²) in [4.78, 5) is 5.79. The average Bonchev–Trinajstić information content (AvgIpc) is 2.93. The second-order valence-corrected chi connectivity index (χ2v) is 8.89. The Hall–Kier alpha value is -0.460. The Kier molecular flexibility index (Phi) is 2.80. The van der Waals surface area contributed by atoms with Gasteiger partial charge in [0.1, 0.15) is 5.01 Å². The van der Waals surface area contributed by atoms with Gasteiger partial charge in [0, 0.05) is 10.9 Å². The van der Waals surface area contributed by atoms with E-state index in [-0.39, 0.29) is 11.5 Å². The molecule has 1 saturated heterocycles. The van der Waals surface area contributed by atoms with Crippen LogP contribution in [0.25, 0.3) is 0 Å². The SMILES string of the molecule is Cc1nc(C2(NC3CC3)CCS(=O)(=O)C2)sc1C. The molecule has 2 heterocycles. The molecule has 4 nitrogen and oxygen atoms in total. The molecule has 6 heteroatoms. The molecule has 2 fully saturated rings. The van der Waals surface area contributed by atoms with Gasteiger partial charge in [-0.15, -0.1) is 11.3 Å². The highest BCUT2D eigenvalue weighted by molar-refractivity contribution is 7.91. The molecule has 0 bridgehead atoms. The van der Waals surface area contributed by atoms with Gasteiger partial charge in [0.2, 0.25) is 0 Å². The van der Waals surface area contributed by atoms with E-state index in [0.29, 0.717) is 12.5 Å². The third-order valence-corrected chi connectivity index (χ3v) is 6.84. The summed E-state index contributed by atoms with van der Waals surface area (Å²) >= 11 is 1.64. The largest absolute Gasteiger partial charge is 0.302 e. The van der Waals surface area contributed by atoms with Crippen LogP contribution in [0.4, 0.5) is 0 Å². The minimum Gasteiger partial charge on any atom is -0.302 e. The number of sulfone groups is 1. The maximum Gasteiger partial charge on any atom is 0.152 e. The predicted molar refractivity (Wildman–Crippen MR) is 72.7 cm³/mol. The minimum atomic E-state index is -2.92. The Balaban J connectivity index is 1.99. The van der Waals surface area contributed by atoms with Crippen molar-refractivity contribution in [3.05, 3.63) is 15.6 Å². The molecule has 0 spiro atoms. The smallest absolute Gasteiger partial charge is 0.152 e. The minimum absolute atomic E-state index is 0.211. The molecule has 0 amide bonds. The molecule has 1 unspecified atom stereocenters. The van der Waals surface area contributed by atoms with E-state index in [1.807, 2.05) is 13.8 Å². The first-order valence-electron chi connectivity index (χ1n) is 6.33. The van der Waals surface area contributed by atoms with Crippen LogP contribution in [0.2, 0.25) is 0 Å². The first-order chi connectivity index (χ1) is 8.40. The van der Waals surface area contributed by atoms with Gasteiger partial charge in [0.15, 0.2) is 9.84 Å². The van der Waals surface area contributed by atoms with Crippen molar-refractivity contribution in [3.63, 3.8) is 0 Å². The van der Waals surface area contributed by atoms with Crippen molar-refractivity contribution in [2.75, 3.05) is 11.5 Å². The van der Waals surface area contributed by atoms with Gasteiger partial charge in [-0.3, -0.25) is 0 Å². The first-order valence-corrected chi connectivity index (χ1v) is 8.97. The lowest BCUT2D eigenvalue weighted by atomic mass is 10.00. The van der Waals surface area contributed by atoms with Gasteiger partial charge in [0.05, 0.1) is 22.7 Å². The van der Waals surface area contributed by atoms with E-state index >= 15 is 0 Å². The molecule has 2 aliphatic rings. The van der Waals surface area contributed by atoms with E-state index in [0.717, 1.165) is 23.5 Å². The van der Waals surface area contributed by atoms with E-state index in [2.05, 4.69) is 10.3 Å². The van der Waals surface area contributed by atoms with Crippen molar-refractivity contribution in [3.8, 4) is 0 Å². The summed E-state index contributed by atoms with van der Waals surface area (Å²) in [5, 5.41) is 4.51. The van der Waals surface area contributed by atoms with E-state index in [9.17, 15) is 8.42 Å². The second kappa shape index (κ2) is 4.02. The summed E-state index contributed by atoms with van der Waals surface area (Å²) in [7, 11) is -2.92. The average molecular weight is 286 g/mol. The lowest BCUT2D eigenvalue weighted by molar-refractivity contribution is 0.369. The number of nitrogens with one attached hydrogen (secondary N) is 1. The zero-order chi connectivity index (χ0) is 13.0. The number of aromatic nitrogens is 1. The van der Waals surface area contributed by atoms with Crippen molar-refractivity contribution in [2.45, 2.75) is 44.7 Å². The summed E-state index contributed by atoms with van der Waals surface area (Å²) in [6, 6.07) is 0.489. The molecule has 0 aromatic carbocycles. The normalized spacial score (nSPS) is 30.8. The number of aryl methyl sites for hydroxylation is 2. The van der Waals surface area contributed by atoms with Crippen LogP contribution in [-0.4, -0.2) is 30.9 Å². The van der Waals surface area contributed by atoms with Crippen LogP contribution < -0.4 is 5.32 Å². The maximum absolute atomic E-state index is 11.8. The highest BCUT2D eigenvalue weighted by Crippen LogP contribution is 2.39. The Morgan fingerprint density at radius 3 is 2.56 bits per heavy atom. The van der Waals surface area contributed by atoms with Crippen molar-refractivity contribution in [1.82, 2.24) is 10.3 Å². The second-order valence-electron chi connectivity index (χ2n) is 5.50. The zero-order valence-corrected chi connectivity index (χ0v) is 12.3. The van der Waals surface area contributed by atoms with Crippen molar-refractivity contribution < 1.29 is 8.42 Å². The molecule has 1 saturated carbocycles. The molecule has 1 N–H and O–H groups in total. The van der Waals surface area contributed by atoms with Gasteiger partial charge in [-0.05, 0) is 33.1 Å². The zero-order valence-electron chi connectivity index (χ0n) is 10.7. The van der Waals surface area contributed by atoms with E-state index in [1.54, 1.807) is 11.3 Å². The predicted octanol–water partition coefficient (Wildman–Crippen LogP) is 1.53. The van der Waals surface area contributed by atoms with Crippen molar-refractivity contribution >= 4 is 21.2 Å². The third-order valence-electron chi connectivity index (χ3n) is 3.80. The number of thiazole rings is 1. The van der Waals surface area contributed by atoms with E-state index in [1.165, 1.54) is 4.88 Å². The lowest BCUT2D eigenvalue weighted by Gasteiger charge is -2.27. The molecule has 1 aliphatic heterocycles. The van der Waals surface area contributed by atoms with Crippen molar-refractivity contribution in [2.24, 2.45) is 0 Å². The van der Waals surface area contributed by atoms with Crippen LogP contribution in [0.1, 0.15) is 34.8 Å². The molecule has 100 valence electrons. The van der Waals surface area contributed by atoms with Crippen LogP contribution in [0.3, 0.4) is 0 Å². The van der Waals surface area contributed by atoms with Crippen LogP contribution in [0, 0.1) is 13.8 Å². The van der Waals surface area contributed by atoms with Gasteiger partial charge in [0.25, 0.3) is 0 Å². The summed E-state index contributed by atoms with van der Waals surface area (Å²) in [6.45, 7) is 4.04. The third kappa shape index (κ3) is 2.21. The molecular formula is C12H18N2O2S2. The summed E-state index contributed by atoms with van der Waals surface area (Å²) in [6.07, 6.45) is 2.98. The van der Waals surface area contributed by atoms with Crippen LogP contribution in [0.5, 0.6) is 0 Å². The van der Waals surface area contributed by atoms with Gasteiger partial charge in [-0.2, -0.15) is 0 Å². The van der Waals surface area contributed by atoms with Crippen LogP contribution >= 0.6 is 11.3 Å². The summed E-state index contributed by atoms with van der Waals surface area (Å²) in [5.74, 6) is 0.493. The molecule has 1 aliphatic carbocycles.